The van der Waals surface area contributed by atoms with Crippen LogP contribution in [0.4, 0.5) is 5.13 Å². The number of carbonyl (C=O) groups is 1. The first-order valence-electron chi connectivity index (χ1n) is 8.37. The van der Waals surface area contributed by atoms with E-state index in [0.717, 1.165) is 31.9 Å². The number of aromatic nitrogens is 1. The van der Waals surface area contributed by atoms with E-state index in [1.54, 1.807) is 4.90 Å². The van der Waals surface area contributed by atoms with Gasteiger partial charge in [-0.25, -0.2) is 13.4 Å². The number of nitrogens with zero attached hydrogens (tertiary/aromatic N) is 3. The summed E-state index contributed by atoms with van der Waals surface area (Å²) in [5.74, 6) is -0.317. The molecule has 0 atom stereocenters. The van der Waals surface area contributed by atoms with E-state index in [0.29, 0.717) is 11.7 Å². The fourth-order valence-electron chi connectivity index (χ4n) is 2.56. The van der Waals surface area contributed by atoms with Gasteiger partial charge in [0.15, 0.2) is 5.13 Å². The van der Waals surface area contributed by atoms with Crippen LogP contribution in [-0.4, -0.2) is 43.5 Å². The first kappa shape index (κ1) is 19.5. The maximum Gasteiger partial charge on any atom is 0.244 e. The molecule has 142 valence electrons. The number of benzene rings is 2. The van der Waals surface area contributed by atoms with E-state index in [1.807, 2.05) is 55.5 Å². The van der Waals surface area contributed by atoms with E-state index < -0.39 is 10.0 Å². The average molecular weight is 404 g/mol. The summed E-state index contributed by atoms with van der Waals surface area (Å²) in [5, 5.41) is 0.561. The fraction of sp³-hybridized carbons (Fsp3) is 0.263. The lowest BCUT2D eigenvalue weighted by atomic mass is 10.2. The molecular weight excluding hydrogens is 382 g/mol. The van der Waals surface area contributed by atoms with Crippen molar-refractivity contribution in [3.05, 3.63) is 59.7 Å². The predicted molar refractivity (Wildman–Crippen MR) is 109 cm³/mol. The Bertz CT molecular complexity index is 1060. The van der Waals surface area contributed by atoms with Crippen molar-refractivity contribution < 1.29 is 13.2 Å². The van der Waals surface area contributed by atoms with Crippen molar-refractivity contribution in [1.29, 1.82) is 0 Å². The lowest BCUT2D eigenvalue weighted by Gasteiger charge is -2.22. The highest BCUT2D eigenvalue weighted by Crippen LogP contribution is 2.30. The fourth-order valence-corrected chi connectivity index (χ4v) is 3.98. The molecule has 0 saturated carbocycles. The Balaban J connectivity index is 1.96. The van der Waals surface area contributed by atoms with Crippen LogP contribution in [0.3, 0.4) is 0 Å². The van der Waals surface area contributed by atoms with Gasteiger partial charge >= 0.3 is 0 Å². The highest BCUT2D eigenvalue weighted by molar-refractivity contribution is 7.88. The zero-order chi connectivity index (χ0) is 19.6. The van der Waals surface area contributed by atoms with Crippen LogP contribution >= 0.6 is 11.3 Å². The zero-order valence-corrected chi connectivity index (χ0v) is 17.0. The molecule has 3 rings (SSSR count). The number of likely N-dealkylation sites (N-methyl/N-ethyl adjacent to an activating group) is 1. The van der Waals surface area contributed by atoms with Gasteiger partial charge in [-0.05, 0) is 30.2 Å². The summed E-state index contributed by atoms with van der Waals surface area (Å²) in [5.41, 5.74) is 2.89. The summed E-state index contributed by atoms with van der Waals surface area (Å²) < 4.78 is 25.4. The standard InChI is InChI=1S/C19H21N3O3S2/c1-14-9-10-16-17(11-14)26-19(20-16)22(12-15-7-5-4-6-8-15)18(23)13-21(2)27(3,24)25/h4-11H,12-13H2,1-3H3. The number of thiazole rings is 1. The molecule has 8 heteroatoms. The highest BCUT2D eigenvalue weighted by Gasteiger charge is 2.24. The van der Waals surface area contributed by atoms with Gasteiger partial charge in [0.25, 0.3) is 0 Å². The Morgan fingerprint density at radius 3 is 2.52 bits per heavy atom. The highest BCUT2D eigenvalue weighted by atomic mass is 32.2. The van der Waals surface area contributed by atoms with E-state index in [1.165, 1.54) is 18.4 Å². The molecule has 0 unspecified atom stereocenters. The summed E-state index contributed by atoms with van der Waals surface area (Å²) in [7, 11) is -2.05. The lowest BCUT2D eigenvalue weighted by molar-refractivity contribution is -0.118. The van der Waals surface area contributed by atoms with Crippen molar-refractivity contribution in [2.75, 3.05) is 24.7 Å². The van der Waals surface area contributed by atoms with Gasteiger partial charge in [0.1, 0.15) is 0 Å². The Hall–Kier alpha value is -2.29. The van der Waals surface area contributed by atoms with Crippen LogP contribution in [0.1, 0.15) is 11.1 Å². The van der Waals surface area contributed by atoms with E-state index in [2.05, 4.69) is 4.98 Å². The number of fused-ring (bicyclic) bond motifs is 1. The number of anilines is 1. The molecule has 0 fully saturated rings. The van der Waals surface area contributed by atoms with Crippen LogP contribution in [0.2, 0.25) is 0 Å². The van der Waals surface area contributed by atoms with Gasteiger partial charge in [-0.15, -0.1) is 0 Å². The summed E-state index contributed by atoms with van der Waals surface area (Å²) in [6, 6.07) is 15.5. The Morgan fingerprint density at radius 2 is 1.85 bits per heavy atom. The number of hydrogen-bond donors (Lipinski definition) is 0. The Kier molecular flexibility index (Phi) is 5.59. The van der Waals surface area contributed by atoms with Crippen molar-refractivity contribution in [2.45, 2.75) is 13.5 Å². The largest absolute Gasteiger partial charge is 0.282 e. The van der Waals surface area contributed by atoms with Crippen LogP contribution in [0.25, 0.3) is 10.2 Å². The van der Waals surface area contributed by atoms with Crippen molar-refractivity contribution in [1.82, 2.24) is 9.29 Å². The van der Waals surface area contributed by atoms with Crippen molar-refractivity contribution in [2.24, 2.45) is 0 Å². The number of hydrogen-bond acceptors (Lipinski definition) is 5. The second kappa shape index (κ2) is 7.75. The summed E-state index contributed by atoms with van der Waals surface area (Å²) in [6.07, 6.45) is 1.09. The van der Waals surface area contributed by atoms with Crippen LogP contribution in [0.15, 0.2) is 48.5 Å². The maximum absolute atomic E-state index is 12.9. The molecule has 0 aliphatic carbocycles. The van der Waals surface area contributed by atoms with Gasteiger partial charge in [-0.3, -0.25) is 9.69 Å². The van der Waals surface area contributed by atoms with Crippen molar-refractivity contribution in [3.63, 3.8) is 0 Å². The first-order chi connectivity index (χ1) is 12.7. The van der Waals surface area contributed by atoms with Crippen molar-refractivity contribution in [3.8, 4) is 0 Å². The average Bonchev–Trinajstić information content (AvgIpc) is 3.02. The lowest BCUT2D eigenvalue weighted by Crippen LogP contribution is -2.40. The van der Waals surface area contributed by atoms with Gasteiger partial charge in [-0.1, -0.05) is 47.7 Å². The Morgan fingerprint density at radius 1 is 1.15 bits per heavy atom. The maximum atomic E-state index is 12.9. The summed E-state index contributed by atoms with van der Waals surface area (Å²) in [4.78, 5) is 19.1. The molecule has 0 spiro atoms. The normalized spacial score (nSPS) is 11.9. The van der Waals surface area contributed by atoms with Crippen LogP contribution in [-0.2, 0) is 21.4 Å². The molecule has 3 aromatic rings. The molecular formula is C19H21N3O3S2. The number of aryl methyl sites for hydroxylation is 1. The third-order valence-electron chi connectivity index (χ3n) is 4.17. The minimum Gasteiger partial charge on any atom is -0.282 e. The molecule has 0 N–H and O–H groups in total. The van der Waals surface area contributed by atoms with Gasteiger partial charge in [0, 0.05) is 7.05 Å². The molecule has 1 amide bonds. The molecule has 1 aromatic heterocycles. The second-order valence-electron chi connectivity index (χ2n) is 6.45. The van der Waals surface area contributed by atoms with Crippen molar-refractivity contribution >= 4 is 42.6 Å². The molecule has 0 aliphatic heterocycles. The first-order valence-corrected chi connectivity index (χ1v) is 11.0. The van der Waals surface area contributed by atoms with E-state index in [9.17, 15) is 13.2 Å². The molecule has 2 aromatic carbocycles. The minimum absolute atomic E-state index is 0.235. The monoisotopic (exact) mass is 403 g/mol. The van der Waals surface area contributed by atoms with Gasteiger partial charge in [0.05, 0.1) is 29.6 Å². The Labute approximate surface area is 163 Å². The predicted octanol–water partition coefficient (Wildman–Crippen LogP) is 3.03. The van der Waals surface area contributed by atoms with Gasteiger partial charge < -0.3 is 0 Å². The topological polar surface area (TPSA) is 70.6 Å². The molecule has 0 radical (unpaired) electrons. The third-order valence-corrected chi connectivity index (χ3v) is 6.47. The van der Waals surface area contributed by atoms with E-state index >= 15 is 0 Å². The van der Waals surface area contributed by atoms with Gasteiger partial charge in [-0.2, -0.15) is 4.31 Å². The van der Waals surface area contributed by atoms with E-state index in [4.69, 9.17) is 0 Å². The van der Waals surface area contributed by atoms with Gasteiger partial charge in [0.2, 0.25) is 15.9 Å². The molecule has 0 aliphatic rings. The van der Waals surface area contributed by atoms with E-state index in [-0.39, 0.29) is 12.5 Å². The van der Waals surface area contributed by atoms with Crippen LogP contribution in [0.5, 0.6) is 0 Å². The number of amides is 1. The number of rotatable bonds is 6. The quantitative estimate of drug-likeness (QED) is 0.634. The molecule has 0 bridgehead atoms. The molecule has 0 saturated heterocycles. The molecule has 27 heavy (non-hydrogen) atoms. The summed E-state index contributed by atoms with van der Waals surface area (Å²) in [6.45, 7) is 2.10. The number of carbonyl (C=O) groups excluding carboxylic acids is 1. The van der Waals surface area contributed by atoms with Crippen LogP contribution in [0, 0.1) is 6.92 Å². The zero-order valence-electron chi connectivity index (χ0n) is 15.4. The summed E-state index contributed by atoms with van der Waals surface area (Å²) >= 11 is 1.43. The third kappa shape index (κ3) is 4.71. The molecule has 6 nitrogen and oxygen atoms in total. The smallest absolute Gasteiger partial charge is 0.244 e. The SMILES string of the molecule is Cc1ccc2nc(N(Cc3ccccc3)C(=O)CN(C)S(C)(=O)=O)sc2c1. The second-order valence-corrected chi connectivity index (χ2v) is 9.55. The number of sulfonamides is 1. The molecule has 1 heterocycles. The van der Waals surface area contributed by atoms with Crippen LogP contribution < -0.4 is 4.90 Å². The minimum atomic E-state index is -3.45.